The fourth-order valence-corrected chi connectivity index (χ4v) is 2.12. The molecule has 0 aromatic carbocycles. The van der Waals surface area contributed by atoms with Gasteiger partial charge in [-0.2, -0.15) is 0 Å². The summed E-state index contributed by atoms with van der Waals surface area (Å²) < 4.78 is 0.950. The standard InChI is InChI=1S/C13H21BrN2O/c1-10(2)16-5-4-13(3,17)7-11-6-12(14)9-15-8-11/h6,8-10,16-17H,4-5,7H2,1-3H3. The van der Waals surface area contributed by atoms with Crippen molar-refractivity contribution in [3.63, 3.8) is 0 Å². The molecule has 3 nitrogen and oxygen atoms in total. The molecule has 0 aliphatic rings. The van der Waals surface area contributed by atoms with Crippen LogP contribution in [-0.4, -0.2) is 28.3 Å². The summed E-state index contributed by atoms with van der Waals surface area (Å²) in [6.07, 6.45) is 4.91. The smallest absolute Gasteiger partial charge is 0.0672 e. The van der Waals surface area contributed by atoms with Crippen LogP contribution in [0, 0.1) is 0 Å². The van der Waals surface area contributed by atoms with Gasteiger partial charge in [-0.1, -0.05) is 13.8 Å². The van der Waals surface area contributed by atoms with E-state index < -0.39 is 5.60 Å². The molecular weight excluding hydrogens is 280 g/mol. The monoisotopic (exact) mass is 300 g/mol. The van der Waals surface area contributed by atoms with Crippen LogP contribution in [0.4, 0.5) is 0 Å². The second kappa shape index (κ2) is 6.47. The molecule has 1 heterocycles. The lowest BCUT2D eigenvalue weighted by Gasteiger charge is -2.24. The number of halogens is 1. The van der Waals surface area contributed by atoms with Gasteiger partial charge in [-0.3, -0.25) is 4.98 Å². The quantitative estimate of drug-likeness (QED) is 0.848. The van der Waals surface area contributed by atoms with Gasteiger partial charge >= 0.3 is 0 Å². The van der Waals surface area contributed by atoms with E-state index in [4.69, 9.17) is 0 Å². The minimum atomic E-state index is -0.690. The Balaban J connectivity index is 2.48. The fraction of sp³-hybridized carbons (Fsp3) is 0.615. The van der Waals surface area contributed by atoms with Gasteiger partial charge in [0.15, 0.2) is 0 Å². The lowest BCUT2D eigenvalue weighted by molar-refractivity contribution is 0.0510. The summed E-state index contributed by atoms with van der Waals surface area (Å²) in [5, 5.41) is 13.6. The van der Waals surface area contributed by atoms with E-state index in [1.54, 1.807) is 12.4 Å². The van der Waals surface area contributed by atoms with E-state index in [9.17, 15) is 5.11 Å². The van der Waals surface area contributed by atoms with Crippen molar-refractivity contribution >= 4 is 15.9 Å². The largest absolute Gasteiger partial charge is 0.390 e. The first-order valence-electron chi connectivity index (χ1n) is 5.94. The number of aliphatic hydroxyl groups is 1. The number of rotatable bonds is 6. The zero-order valence-electron chi connectivity index (χ0n) is 10.7. The average molecular weight is 301 g/mol. The molecule has 0 aliphatic carbocycles. The van der Waals surface area contributed by atoms with Crippen LogP contribution in [0.15, 0.2) is 22.9 Å². The van der Waals surface area contributed by atoms with Gasteiger partial charge in [-0.05, 0) is 47.4 Å². The van der Waals surface area contributed by atoms with E-state index in [1.807, 2.05) is 13.0 Å². The maximum Gasteiger partial charge on any atom is 0.0672 e. The van der Waals surface area contributed by atoms with Gasteiger partial charge in [0, 0.05) is 29.3 Å². The maximum atomic E-state index is 10.3. The van der Waals surface area contributed by atoms with Crippen molar-refractivity contribution < 1.29 is 5.11 Å². The lowest BCUT2D eigenvalue weighted by atomic mass is 9.94. The van der Waals surface area contributed by atoms with Gasteiger partial charge in [0.1, 0.15) is 0 Å². The normalized spacial score (nSPS) is 14.9. The summed E-state index contributed by atoms with van der Waals surface area (Å²) in [4.78, 5) is 4.10. The first-order chi connectivity index (χ1) is 7.89. The Morgan fingerprint density at radius 2 is 2.18 bits per heavy atom. The second-order valence-corrected chi connectivity index (χ2v) is 5.96. The summed E-state index contributed by atoms with van der Waals surface area (Å²) in [7, 11) is 0. The van der Waals surface area contributed by atoms with E-state index in [2.05, 4.69) is 40.1 Å². The van der Waals surface area contributed by atoms with Crippen LogP contribution in [0.1, 0.15) is 32.8 Å². The third-order valence-electron chi connectivity index (χ3n) is 2.56. The molecule has 17 heavy (non-hydrogen) atoms. The molecule has 0 spiro atoms. The van der Waals surface area contributed by atoms with E-state index >= 15 is 0 Å². The second-order valence-electron chi connectivity index (χ2n) is 5.04. The van der Waals surface area contributed by atoms with Crippen LogP contribution < -0.4 is 5.32 Å². The molecule has 0 radical (unpaired) electrons. The predicted molar refractivity (Wildman–Crippen MR) is 74.0 cm³/mol. The summed E-state index contributed by atoms with van der Waals surface area (Å²) in [6.45, 7) is 6.90. The number of pyridine rings is 1. The number of hydrogen-bond acceptors (Lipinski definition) is 3. The third kappa shape index (κ3) is 6.15. The molecular formula is C13H21BrN2O. The van der Waals surface area contributed by atoms with Gasteiger partial charge in [0.25, 0.3) is 0 Å². The van der Waals surface area contributed by atoms with Crippen molar-refractivity contribution in [1.29, 1.82) is 0 Å². The SMILES string of the molecule is CC(C)NCCC(C)(O)Cc1cncc(Br)c1. The highest BCUT2D eigenvalue weighted by molar-refractivity contribution is 9.10. The Morgan fingerprint density at radius 3 is 2.76 bits per heavy atom. The molecule has 0 saturated heterocycles. The zero-order valence-corrected chi connectivity index (χ0v) is 12.3. The number of nitrogens with zero attached hydrogens (tertiary/aromatic N) is 1. The molecule has 96 valence electrons. The highest BCUT2D eigenvalue weighted by Crippen LogP contribution is 2.18. The Hall–Kier alpha value is -0.450. The molecule has 1 aromatic heterocycles. The number of nitrogens with one attached hydrogen (secondary N) is 1. The highest BCUT2D eigenvalue weighted by atomic mass is 79.9. The molecule has 1 unspecified atom stereocenters. The first kappa shape index (κ1) is 14.6. The van der Waals surface area contributed by atoms with E-state index in [-0.39, 0.29) is 0 Å². The Labute approximate surface area is 112 Å². The van der Waals surface area contributed by atoms with Crippen molar-refractivity contribution in [2.45, 2.75) is 45.3 Å². The Bertz CT molecular complexity index is 353. The van der Waals surface area contributed by atoms with Gasteiger partial charge in [-0.15, -0.1) is 0 Å². The van der Waals surface area contributed by atoms with Crippen molar-refractivity contribution in [2.75, 3.05) is 6.54 Å². The molecule has 0 aliphatic heterocycles. The fourth-order valence-electron chi connectivity index (χ4n) is 1.71. The van der Waals surface area contributed by atoms with Crippen LogP contribution in [-0.2, 0) is 6.42 Å². The summed E-state index contributed by atoms with van der Waals surface area (Å²) >= 11 is 3.38. The van der Waals surface area contributed by atoms with E-state index in [0.717, 1.165) is 23.0 Å². The average Bonchev–Trinajstić information content (AvgIpc) is 2.15. The molecule has 1 atom stereocenters. The summed E-state index contributed by atoms with van der Waals surface area (Å²) in [5.41, 5.74) is 0.360. The maximum absolute atomic E-state index is 10.3. The van der Waals surface area contributed by atoms with Crippen molar-refractivity contribution in [1.82, 2.24) is 10.3 Å². The van der Waals surface area contributed by atoms with Crippen LogP contribution in [0.2, 0.25) is 0 Å². The molecule has 0 fully saturated rings. The van der Waals surface area contributed by atoms with Crippen LogP contribution in [0.25, 0.3) is 0 Å². The molecule has 1 rings (SSSR count). The van der Waals surface area contributed by atoms with Gasteiger partial charge in [0.05, 0.1) is 5.60 Å². The summed E-state index contributed by atoms with van der Waals surface area (Å²) in [6, 6.07) is 2.45. The topological polar surface area (TPSA) is 45.1 Å². The minimum absolute atomic E-state index is 0.457. The van der Waals surface area contributed by atoms with Crippen molar-refractivity contribution in [3.8, 4) is 0 Å². The van der Waals surface area contributed by atoms with Crippen LogP contribution >= 0.6 is 15.9 Å². The molecule has 0 amide bonds. The lowest BCUT2D eigenvalue weighted by Crippen LogP contribution is -2.34. The molecule has 0 bridgehead atoms. The molecule has 2 N–H and O–H groups in total. The molecule has 1 aromatic rings. The minimum Gasteiger partial charge on any atom is -0.390 e. The molecule has 0 saturated carbocycles. The number of hydrogen-bond donors (Lipinski definition) is 2. The molecule has 4 heteroatoms. The van der Waals surface area contributed by atoms with Gasteiger partial charge in [0.2, 0.25) is 0 Å². The number of aromatic nitrogens is 1. The van der Waals surface area contributed by atoms with Crippen LogP contribution in [0.3, 0.4) is 0 Å². The zero-order chi connectivity index (χ0) is 12.9. The van der Waals surface area contributed by atoms with E-state index in [1.165, 1.54) is 0 Å². The summed E-state index contributed by atoms with van der Waals surface area (Å²) in [5.74, 6) is 0. The van der Waals surface area contributed by atoms with Crippen LogP contribution in [0.5, 0.6) is 0 Å². The third-order valence-corrected chi connectivity index (χ3v) is 3.00. The Morgan fingerprint density at radius 1 is 1.47 bits per heavy atom. The first-order valence-corrected chi connectivity index (χ1v) is 6.73. The van der Waals surface area contributed by atoms with Crippen molar-refractivity contribution in [2.24, 2.45) is 0 Å². The van der Waals surface area contributed by atoms with Gasteiger partial charge < -0.3 is 10.4 Å². The highest BCUT2D eigenvalue weighted by Gasteiger charge is 2.20. The van der Waals surface area contributed by atoms with Gasteiger partial charge in [-0.25, -0.2) is 0 Å². The predicted octanol–water partition coefficient (Wildman–Crippen LogP) is 2.53. The Kier molecular flexibility index (Phi) is 5.56. The van der Waals surface area contributed by atoms with Crippen molar-refractivity contribution in [3.05, 3.63) is 28.5 Å². The van der Waals surface area contributed by atoms with E-state index in [0.29, 0.717) is 12.5 Å².